The zero-order valence-electron chi connectivity index (χ0n) is 11.7. The Balaban J connectivity index is 1.98. The third kappa shape index (κ3) is 2.69. The van der Waals surface area contributed by atoms with E-state index in [0.717, 1.165) is 12.8 Å². The van der Waals surface area contributed by atoms with Gasteiger partial charge in [0, 0.05) is 13.1 Å². The molecule has 1 saturated heterocycles. The van der Waals surface area contributed by atoms with Crippen LogP contribution >= 0.6 is 0 Å². The van der Waals surface area contributed by atoms with Crippen molar-refractivity contribution >= 4 is 12.0 Å². The number of amides is 2. The molecular weight excluding hydrogens is 244 g/mol. The molecule has 19 heavy (non-hydrogen) atoms. The van der Waals surface area contributed by atoms with Gasteiger partial charge in [-0.3, -0.25) is 0 Å². The quantitative estimate of drug-likeness (QED) is 0.803. The van der Waals surface area contributed by atoms with Crippen molar-refractivity contribution in [2.45, 2.75) is 57.4 Å². The Morgan fingerprint density at radius 3 is 2.63 bits per heavy atom. The lowest BCUT2D eigenvalue weighted by atomic mass is 9.85. The van der Waals surface area contributed by atoms with Crippen molar-refractivity contribution in [2.24, 2.45) is 5.92 Å². The van der Waals surface area contributed by atoms with E-state index in [0.29, 0.717) is 31.8 Å². The monoisotopic (exact) mass is 268 g/mol. The van der Waals surface area contributed by atoms with Crippen molar-refractivity contribution in [3.63, 3.8) is 0 Å². The van der Waals surface area contributed by atoms with Crippen LogP contribution in [0.4, 0.5) is 4.79 Å². The topological polar surface area (TPSA) is 69.6 Å². The van der Waals surface area contributed by atoms with E-state index in [9.17, 15) is 14.7 Å². The molecule has 2 rings (SSSR count). The Kier molecular flexibility index (Phi) is 4.32. The van der Waals surface area contributed by atoms with Gasteiger partial charge in [0.2, 0.25) is 0 Å². The number of carbonyl (C=O) groups excluding carboxylic acids is 1. The van der Waals surface area contributed by atoms with Gasteiger partial charge < -0.3 is 15.3 Å². The number of likely N-dealkylation sites (tertiary alicyclic amines) is 1. The van der Waals surface area contributed by atoms with Gasteiger partial charge in [-0.15, -0.1) is 0 Å². The highest BCUT2D eigenvalue weighted by atomic mass is 16.4. The van der Waals surface area contributed by atoms with Gasteiger partial charge in [0.05, 0.1) is 0 Å². The molecule has 0 aromatic rings. The lowest BCUT2D eigenvalue weighted by Gasteiger charge is -2.35. The summed E-state index contributed by atoms with van der Waals surface area (Å²) in [6.45, 7) is 3.22. The zero-order valence-corrected chi connectivity index (χ0v) is 11.7. The molecule has 1 aliphatic carbocycles. The predicted octanol–water partition coefficient (Wildman–Crippen LogP) is 2.22. The van der Waals surface area contributed by atoms with Crippen LogP contribution in [0.2, 0.25) is 0 Å². The van der Waals surface area contributed by atoms with E-state index in [-0.39, 0.29) is 6.03 Å². The first-order valence-corrected chi connectivity index (χ1v) is 7.39. The average molecular weight is 268 g/mol. The Labute approximate surface area is 114 Å². The Hall–Kier alpha value is -1.26. The summed E-state index contributed by atoms with van der Waals surface area (Å²) in [6, 6.07) is -0.194. The Morgan fingerprint density at radius 1 is 1.37 bits per heavy atom. The van der Waals surface area contributed by atoms with E-state index >= 15 is 0 Å². The van der Waals surface area contributed by atoms with E-state index in [1.165, 1.54) is 19.3 Å². The number of hydrogen-bond donors (Lipinski definition) is 2. The van der Waals surface area contributed by atoms with E-state index < -0.39 is 11.5 Å². The van der Waals surface area contributed by atoms with Crippen LogP contribution in [0.1, 0.15) is 51.9 Å². The van der Waals surface area contributed by atoms with E-state index in [2.05, 4.69) is 5.32 Å². The normalized spacial score (nSPS) is 27.1. The molecular formula is C14H24N2O3. The Morgan fingerprint density at radius 2 is 2.11 bits per heavy atom. The first-order chi connectivity index (χ1) is 9.10. The molecule has 0 aromatic carbocycles. The highest BCUT2D eigenvalue weighted by molar-refractivity contribution is 5.87. The maximum absolute atomic E-state index is 12.2. The number of urea groups is 1. The molecule has 5 heteroatoms. The van der Waals surface area contributed by atoms with Gasteiger partial charge in [-0.1, -0.05) is 19.8 Å². The van der Waals surface area contributed by atoms with E-state index in [1.807, 2.05) is 6.92 Å². The molecule has 0 aromatic heterocycles. The molecule has 2 N–H and O–H groups in total. The first kappa shape index (κ1) is 14.2. The van der Waals surface area contributed by atoms with Gasteiger partial charge in [0.1, 0.15) is 5.54 Å². The third-order valence-electron chi connectivity index (χ3n) is 4.56. The van der Waals surface area contributed by atoms with Crippen molar-refractivity contribution in [2.75, 3.05) is 13.1 Å². The van der Waals surface area contributed by atoms with Gasteiger partial charge in [-0.2, -0.15) is 0 Å². The molecule has 0 radical (unpaired) electrons. The maximum Gasteiger partial charge on any atom is 0.329 e. The Bertz CT molecular complexity index is 355. The summed E-state index contributed by atoms with van der Waals surface area (Å²) in [5, 5.41) is 12.4. The fraction of sp³-hybridized carbons (Fsp3) is 0.857. The molecule has 1 aliphatic heterocycles. The summed E-state index contributed by atoms with van der Waals surface area (Å²) in [4.78, 5) is 25.4. The van der Waals surface area contributed by atoms with Crippen molar-refractivity contribution in [3.8, 4) is 0 Å². The second-order valence-electron chi connectivity index (χ2n) is 5.82. The van der Waals surface area contributed by atoms with Crippen molar-refractivity contribution in [3.05, 3.63) is 0 Å². The number of aliphatic carboxylic acids is 1. The van der Waals surface area contributed by atoms with Crippen LogP contribution in [-0.2, 0) is 4.79 Å². The van der Waals surface area contributed by atoms with Crippen LogP contribution in [0.5, 0.6) is 0 Å². The van der Waals surface area contributed by atoms with Crippen LogP contribution in [0.15, 0.2) is 0 Å². The van der Waals surface area contributed by atoms with E-state index in [1.54, 1.807) is 4.90 Å². The number of nitrogens with one attached hydrogen (secondary N) is 1. The van der Waals surface area contributed by atoms with Gasteiger partial charge >= 0.3 is 12.0 Å². The number of nitrogens with zero attached hydrogens (tertiary/aromatic N) is 1. The third-order valence-corrected chi connectivity index (χ3v) is 4.56. The van der Waals surface area contributed by atoms with Gasteiger partial charge in [0.25, 0.3) is 0 Å². The average Bonchev–Trinajstić information content (AvgIpc) is 2.72. The number of carbonyl (C=O) groups is 2. The molecule has 1 saturated carbocycles. The highest BCUT2D eigenvalue weighted by Gasteiger charge is 2.49. The summed E-state index contributed by atoms with van der Waals surface area (Å²) in [7, 11) is 0. The van der Waals surface area contributed by atoms with Crippen LogP contribution < -0.4 is 5.32 Å². The summed E-state index contributed by atoms with van der Waals surface area (Å²) in [5.41, 5.74) is -0.974. The number of hydrogen-bond acceptors (Lipinski definition) is 2. The molecule has 2 aliphatic rings. The largest absolute Gasteiger partial charge is 0.479 e. The van der Waals surface area contributed by atoms with Gasteiger partial charge in [-0.05, 0) is 38.0 Å². The summed E-state index contributed by atoms with van der Waals surface area (Å²) in [6.07, 6.45) is 6.28. The minimum atomic E-state index is -0.974. The fourth-order valence-electron chi connectivity index (χ4n) is 3.20. The van der Waals surface area contributed by atoms with Crippen molar-refractivity contribution in [1.29, 1.82) is 0 Å². The molecule has 1 unspecified atom stereocenters. The van der Waals surface area contributed by atoms with Crippen molar-refractivity contribution < 1.29 is 14.7 Å². The summed E-state index contributed by atoms with van der Waals surface area (Å²) in [5.74, 6) is -0.261. The molecule has 1 atom stereocenters. The zero-order chi connectivity index (χ0) is 13.9. The summed E-state index contributed by atoms with van der Waals surface area (Å²) >= 11 is 0. The van der Waals surface area contributed by atoms with Gasteiger partial charge in [0.15, 0.2) is 0 Å². The standard InChI is InChI=1S/C14H24N2O3/c1-2-7-14(12(17)18)8-4-9-16(14)13(19)15-10-11-5-3-6-11/h11H,2-10H2,1H3,(H,15,19)(H,17,18). The van der Waals surface area contributed by atoms with Crippen LogP contribution in [0.3, 0.4) is 0 Å². The molecule has 0 bridgehead atoms. The number of carboxylic acid groups (broad SMARTS) is 1. The minimum absolute atomic E-state index is 0.194. The smallest absolute Gasteiger partial charge is 0.329 e. The van der Waals surface area contributed by atoms with E-state index in [4.69, 9.17) is 0 Å². The number of rotatable bonds is 5. The molecule has 2 amide bonds. The maximum atomic E-state index is 12.2. The van der Waals surface area contributed by atoms with Crippen LogP contribution in [0, 0.1) is 5.92 Å². The summed E-state index contributed by atoms with van der Waals surface area (Å²) < 4.78 is 0. The van der Waals surface area contributed by atoms with Crippen LogP contribution in [0.25, 0.3) is 0 Å². The number of carboxylic acids is 1. The fourth-order valence-corrected chi connectivity index (χ4v) is 3.20. The SMILES string of the molecule is CCCC1(C(=O)O)CCCN1C(=O)NCC1CCC1. The first-order valence-electron chi connectivity index (χ1n) is 7.39. The lowest BCUT2D eigenvalue weighted by molar-refractivity contribution is -0.148. The van der Waals surface area contributed by atoms with Gasteiger partial charge in [-0.25, -0.2) is 9.59 Å². The molecule has 1 heterocycles. The molecule has 2 fully saturated rings. The highest BCUT2D eigenvalue weighted by Crippen LogP contribution is 2.34. The predicted molar refractivity (Wildman–Crippen MR) is 72.0 cm³/mol. The van der Waals surface area contributed by atoms with Crippen molar-refractivity contribution in [1.82, 2.24) is 10.2 Å². The molecule has 0 spiro atoms. The molecule has 108 valence electrons. The van der Waals surface area contributed by atoms with Crippen LogP contribution in [-0.4, -0.2) is 40.6 Å². The second-order valence-corrected chi connectivity index (χ2v) is 5.82. The molecule has 5 nitrogen and oxygen atoms in total. The minimum Gasteiger partial charge on any atom is -0.479 e. The second kappa shape index (κ2) is 5.80. The lowest BCUT2D eigenvalue weighted by Crippen LogP contribution is -2.56.